The largest absolute Gasteiger partial charge is 0.497 e. The van der Waals surface area contributed by atoms with Gasteiger partial charge in [0.2, 0.25) is 5.91 Å². The Kier molecular flexibility index (Phi) is 5.40. The van der Waals surface area contributed by atoms with E-state index in [1.54, 1.807) is 19.5 Å². The summed E-state index contributed by atoms with van der Waals surface area (Å²) < 4.78 is 5.16. The minimum atomic E-state index is -0.0825. The van der Waals surface area contributed by atoms with Crippen LogP contribution in [-0.2, 0) is 11.2 Å². The second-order valence-corrected chi connectivity index (χ2v) is 6.48. The minimum Gasteiger partial charge on any atom is -0.497 e. The fourth-order valence-electron chi connectivity index (χ4n) is 2.43. The molecule has 5 nitrogen and oxygen atoms in total. The Labute approximate surface area is 150 Å². The second kappa shape index (κ2) is 7.90. The molecule has 1 atom stereocenters. The van der Waals surface area contributed by atoms with Gasteiger partial charge in [0.15, 0.2) is 0 Å². The number of hydrogen-bond donors (Lipinski definition) is 1. The van der Waals surface area contributed by atoms with Gasteiger partial charge in [-0.2, -0.15) is 0 Å². The molecule has 128 valence electrons. The van der Waals surface area contributed by atoms with Crippen LogP contribution in [-0.4, -0.2) is 23.0 Å². The molecule has 0 radical (unpaired) electrons. The van der Waals surface area contributed by atoms with Crippen LogP contribution < -0.4 is 10.1 Å². The smallest absolute Gasteiger partial charge is 0.226 e. The van der Waals surface area contributed by atoms with Crippen LogP contribution >= 0.6 is 11.3 Å². The Morgan fingerprint density at radius 1 is 1.28 bits per heavy atom. The number of hydrogen-bond acceptors (Lipinski definition) is 5. The van der Waals surface area contributed by atoms with Gasteiger partial charge in [-0.3, -0.25) is 9.78 Å². The van der Waals surface area contributed by atoms with E-state index in [4.69, 9.17) is 4.74 Å². The fraction of sp³-hybridized carbons (Fsp3) is 0.211. The summed E-state index contributed by atoms with van der Waals surface area (Å²) in [6, 6.07) is 11.5. The van der Waals surface area contributed by atoms with Gasteiger partial charge in [-0.15, -0.1) is 11.3 Å². The first kappa shape index (κ1) is 17.1. The standard InChI is InChI=1S/C19H19N3O2S/c1-13(15-4-3-9-20-11-15)21-18(23)10-16-12-25-19(22-16)14-5-7-17(24-2)8-6-14/h3-9,11-13H,10H2,1-2H3,(H,21,23)/t13-/m0/s1. The van der Waals surface area contributed by atoms with Crippen LogP contribution in [0.1, 0.15) is 24.2 Å². The van der Waals surface area contributed by atoms with Crippen molar-refractivity contribution in [3.05, 3.63) is 65.4 Å². The maximum Gasteiger partial charge on any atom is 0.226 e. The van der Waals surface area contributed by atoms with Gasteiger partial charge in [0.05, 0.1) is 25.3 Å². The zero-order valence-corrected chi connectivity index (χ0v) is 14.9. The van der Waals surface area contributed by atoms with Crippen molar-refractivity contribution in [2.24, 2.45) is 0 Å². The lowest BCUT2D eigenvalue weighted by Crippen LogP contribution is -2.28. The summed E-state index contributed by atoms with van der Waals surface area (Å²) in [6.45, 7) is 1.94. The van der Waals surface area contributed by atoms with Crippen molar-refractivity contribution in [1.29, 1.82) is 0 Å². The normalized spacial score (nSPS) is 11.8. The first-order valence-electron chi connectivity index (χ1n) is 7.94. The molecule has 0 aliphatic heterocycles. The SMILES string of the molecule is COc1ccc(-c2nc(CC(=O)N[C@@H](C)c3cccnc3)cs2)cc1. The number of methoxy groups -OCH3 is 1. The summed E-state index contributed by atoms with van der Waals surface area (Å²) in [7, 11) is 1.64. The highest BCUT2D eigenvalue weighted by molar-refractivity contribution is 7.13. The van der Waals surface area contributed by atoms with E-state index < -0.39 is 0 Å². The topological polar surface area (TPSA) is 64.1 Å². The fourth-order valence-corrected chi connectivity index (χ4v) is 3.25. The number of ether oxygens (including phenoxy) is 1. The lowest BCUT2D eigenvalue weighted by molar-refractivity contribution is -0.121. The molecule has 0 fully saturated rings. The van der Waals surface area contributed by atoms with Crippen molar-refractivity contribution in [2.45, 2.75) is 19.4 Å². The van der Waals surface area contributed by atoms with Crippen LogP contribution in [0, 0.1) is 0 Å². The number of carbonyl (C=O) groups excluding carboxylic acids is 1. The van der Waals surface area contributed by atoms with Gasteiger partial charge < -0.3 is 10.1 Å². The Bertz CT molecular complexity index is 831. The summed E-state index contributed by atoms with van der Waals surface area (Å²) in [6.07, 6.45) is 3.74. The zero-order chi connectivity index (χ0) is 17.6. The van der Waals surface area contributed by atoms with Crippen LogP contribution in [0.15, 0.2) is 54.2 Å². The van der Waals surface area contributed by atoms with Crippen molar-refractivity contribution in [1.82, 2.24) is 15.3 Å². The van der Waals surface area contributed by atoms with E-state index in [-0.39, 0.29) is 18.4 Å². The molecule has 6 heteroatoms. The first-order valence-corrected chi connectivity index (χ1v) is 8.82. The first-order chi connectivity index (χ1) is 12.2. The van der Waals surface area contributed by atoms with Crippen molar-refractivity contribution in [3.63, 3.8) is 0 Å². The molecule has 1 aromatic carbocycles. The highest BCUT2D eigenvalue weighted by atomic mass is 32.1. The zero-order valence-electron chi connectivity index (χ0n) is 14.1. The summed E-state index contributed by atoms with van der Waals surface area (Å²) in [5.41, 5.74) is 2.76. The quantitative estimate of drug-likeness (QED) is 0.735. The van der Waals surface area contributed by atoms with Crippen LogP contribution in [0.25, 0.3) is 10.6 Å². The van der Waals surface area contributed by atoms with Crippen molar-refractivity contribution in [2.75, 3.05) is 7.11 Å². The van der Waals surface area contributed by atoms with E-state index >= 15 is 0 Å². The van der Waals surface area contributed by atoms with Gasteiger partial charge in [0, 0.05) is 23.3 Å². The maximum absolute atomic E-state index is 12.2. The Hall–Kier alpha value is -2.73. The van der Waals surface area contributed by atoms with Gasteiger partial charge in [-0.05, 0) is 42.8 Å². The molecule has 0 aliphatic carbocycles. The molecule has 0 aliphatic rings. The molecule has 25 heavy (non-hydrogen) atoms. The molecule has 2 heterocycles. The van der Waals surface area contributed by atoms with Crippen molar-refractivity contribution >= 4 is 17.2 Å². The van der Waals surface area contributed by atoms with Crippen LogP contribution in [0.5, 0.6) is 5.75 Å². The van der Waals surface area contributed by atoms with Crippen molar-refractivity contribution in [3.8, 4) is 16.3 Å². The second-order valence-electron chi connectivity index (χ2n) is 5.62. The van der Waals surface area contributed by atoms with E-state index in [0.717, 1.165) is 27.6 Å². The minimum absolute atomic E-state index is 0.0528. The Morgan fingerprint density at radius 2 is 2.08 bits per heavy atom. The van der Waals surface area contributed by atoms with Crippen LogP contribution in [0.2, 0.25) is 0 Å². The third-order valence-electron chi connectivity index (χ3n) is 3.79. The van der Waals surface area contributed by atoms with Crippen LogP contribution in [0.3, 0.4) is 0 Å². The molecule has 3 aromatic rings. The summed E-state index contributed by atoms with van der Waals surface area (Å²) in [4.78, 5) is 20.9. The molecule has 1 amide bonds. The summed E-state index contributed by atoms with van der Waals surface area (Å²) in [5, 5.41) is 5.80. The van der Waals surface area contributed by atoms with Crippen LogP contribution in [0.4, 0.5) is 0 Å². The van der Waals surface area contributed by atoms with E-state index in [2.05, 4.69) is 15.3 Å². The highest BCUT2D eigenvalue weighted by Crippen LogP contribution is 2.26. The number of carbonyl (C=O) groups is 1. The third kappa shape index (κ3) is 4.42. The lowest BCUT2D eigenvalue weighted by atomic mass is 10.1. The molecule has 2 aromatic heterocycles. The number of nitrogens with zero attached hydrogens (tertiary/aromatic N) is 2. The Balaban J connectivity index is 1.61. The van der Waals surface area contributed by atoms with Gasteiger partial charge in [0.25, 0.3) is 0 Å². The molecule has 1 N–H and O–H groups in total. The number of aromatic nitrogens is 2. The molecule has 0 saturated carbocycles. The number of nitrogens with one attached hydrogen (secondary N) is 1. The van der Waals surface area contributed by atoms with E-state index in [1.807, 2.05) is 48.7 Å². The Morgan fingerprint density at radius 3 is 2.76 bits per heavy atom. The molecular weight excluding hydrogens is 334 g/mol. The van der Waals surface area contributed by atoms with E-state index in [0.29, 0.717) is 0 Å². The van der Waals surface area contributed by atoms with E-state index in [9.17, 15) is 4.79 Å². The average molecular weight is 353 g/mol. The third-order valence-corrected chi connectivity index (χ3v) is 4.73. The predicted molar refractivity (Wildman–Crippen MR) is 98.6 cm³/mol. The molecule has 0 saturated heterocycles. The number of pyridine rings is 1. The molecule has 0 bridgehead atoms. The van der Waals surface area contributed by atoms with Gasteiger partial charge in [-0.1, -0.05) is 6.07 Å². The van der Waals surface area contributed by atoms with E-state index in [1.165, 1.54) is 11.3 Å². The van der Waals surface area contributed by atoms with Gasteiger partial charge in [0.1, 0.15) is 10.8 Å². The molecule has 0 unspecified atom stereocenters. The predicted octanol–water partition coefficient (Wildman–Crippen LogP) is 3.63. The highest BCUT2D eigenvalue weighted by Gasteiger charge is 2.12. The number of amides is 1. The average Bonchev–Trinajstić information content (AvgIpc) is 3.10. The summed E-state index contributed by atoms with van der Waals surface area (Å²) >= 11 is 1.53. The van der Waals surface area contributed by atoms with Gasteiger partial charge in [-0.25, -0.2) is 4.98 Å². The molecular formula is C19H19N3O2S. The lowest BCUT2D eigenvalue weighted by Gasteiger charge is -2.13. The number of benzene rings is 1. The van der Waals surface area contributed by atoms with Crippen molar-refractivity contribution < 1.29 is 9.53 Å². The monoisotopic (exact) mass is 353 g/mol. The molecule has 0 spiro atoms. The number of rotatable bonds is 6. The maximum atomic E-state index is 12.2. The number of thiazole rings is 1. The summed E-state index contributed by atoms with van der Waals surface area (Å²) in [5.74, 6) is 0.757. The molecule has 3 rings (SSSR count). The van der Waals surface area contributed by atoms with Gasteiger partial charge >= 0.3 is 0 Å².